The van der Waals surface area contributed by atoms with Gasteiger partial charge in [0.2, 0.25) is 5.91 Å². The van der Waals surface area contributed by atoms with Crippen molar-refractivity contribution in [3.05, 3.63) is 60.3 Å². The lowest BCUT2D eigenvalue weighted by Crippen LogP contribution is -2.31. The fourth-order valence-corrected chi connectivity index (χ4v) is 3.29. The molecule has 0 bridgehead atoms. The second kappa shape index (κ2) is 7.15. The van der Waals surface area contributed by atoms with Gasteiger partial charge in [0.15, 0.2) is 0 Å². The summed E-state index contributed by atoms with van der Waals surface area (Å²) < 4.78 is 13.2. The van der Waals surface area contributed by atoms with Crippen molar-refractivity contribution in [2.75, 3.05) is 18.6 Å². The highest BCUT2D eigenvalue weighted by Crippen LogP contribution is 2.37. The highest BCUT2D eigenvalue weighted by Gasteiger charge is 2.24. The average Bonchev–Trinajstić information content (AvgIpc) is 3.11. The summed E-state index contributed by atoms with van der Waals surface area (Å²) in [6, 6.07) is 15.4. The largest absolute Gasteiger partial charge is 0.492 e. The van der Waals surface area contributed by atoms with Crippen LogP contribution in [0.25, 0.3) is 11.3 Å². The van der Waals surface area contributed by atoms with Gasteiger partial charge in [-0.3, -0.25) is 9.48 Å². The van der Waals surface area contributed by atoms with Gasteiger partial charge >= 0.3 is 0 Å². The van der Waals surface area contributed by atoms with E-state index in [0.717, 1.165) is 28.3 Å². The molecular formula is C21H21N3O3. The normalized spacial score (nSPS) is 11.9. The molecule has 1 amide bonds. The number of hydrogen-bond acceptors (Lipinski definition) is 4. The molecule has 0 radical (unpaired) electrons. The molecule has 0 saturated heterocycles. The lowest BCUT2D eigenvalue weighted by atomic mass is 10.0. The molecule has 0 fully saturated rings. The van der Waals surface area contributed by atoms with Gasteiger partial charge in [-0.15, -0.1) is 0 Å². The first-order valence-electron chi connectivity index (χ1n) is 8.94. The van der Waals surface area contributed by atoms with Gasteiger partial charge in [-0.25, -0.2) is 0 Å². The van der Waals surface area contributed by atoms with E-state index in [9.17, 15) is 4.79 Å². The monoisotopic (exact) mass is 363 g/mol. The van der Waals surface area contributed by atoms with E-state index in [4.69, 9.17) is 9.47 Å². The maximum absolute atomic E-state index is 12.9. The topological polar surface area (TPSA) is 56.6 Å². The van der Waals surface area contributed by atoms with E-state index in [1.807, 2.05) is 55.5 Å². The van der Waals surface area contributed by atoms with Crippen molar-refractivity contribution in [3.8, 4) is 22.8 Å². The van der Waals surface area contributed by atoms with E-state index >= 15 is 0 Å². The second-order valence-electron chi connectivity index (χ2n) is 6.31. The summed E-state index contributed by atoms with van der Waals surface area (Å²) >= 11 is 0. The summed E-state index contributed by atoms with van der Waals surface area (Å²) in [4.78, 5) is 14.6. The van der Waals surface area contributed by atoms with Gasteiger partial charge in [0.05, 0.1) is 24.2 Å². The summed E-state index contributed by atoms with van der Waals surface area (Å²) in [7, 11) is 1.76. The maximum Gasteiger partial charge on any atom is 0.248 e. The van der Waals surface area contributed by atoms with Gasteiger partial charge in [-0.05, 0) is 31.2 Å². The van der Waals surface area contributed by atoms with E-state index in [0.29, 0.717) is 19.0 Å². The Morgan fingerprint density at radius 3 is 2.85 bits per heavy atom. The number of nitrogens with zero attached hydrogens (tertiary/aromatic N) is 3. The number of anilines is 1. The van der Waals surface area contributed by atoms with Gasteiger partial charge in [0, 0.05) is 18.2 Å². The Bertz CT molecular complexity index is 980. The Hall–Kier alpha value is -3.28. The molecule has 6 nitrogen and oxygen atoms in total. The molecule has 0 saturated carbocycles. The minimum Gasteiger partial charge on any atom is -0.492 e. The van der Waals surface area contributed by atoms with Gasteiger partial charge in [-0.1, -0.05) is 24.3 Å². The fraction of sp³-hybridized carbons (Fsp3) is 0.238. The molecule has 1 aliphatic heterocycles. The molecule has 0 atom stereocenters. The number of rotatable bonds is 5. The lowest BCUT2D eigenvalue weighted by molar-refractivity contribution is -0.119. The molecule has 2 heterocycles. The summed E-state index contributed by atoms with van der Waals surface area (Å²) in [5.74, 6) is 1.43. The molecule has 0 N–H and O–H groups in total. The van der Waals surface area contributed by atoms with Crippen LogP contribution >= 0.6 is 0 Å². The molecule has 0 aliphatic carbocycles. The van der Waals surface area contributed by atoms with Crippen molar-refractivity contribution in [2.45, 2.75) is 20.1 Å². The molecule has 3 aromatic rings. The Labute approximate surface area is 157 Å². The highest BCUT2D eigenvalue weighted by atomic mass is 16.5. The second-order valence-corrected chi connectivity index (χ2v) is 6.31. The average molecular weight is 363 g/mol. The molecule has 27 heavy (non-hydrogen) atoms. The molecule has 0 unspecified atom stereocenters. The number of amides is 1. The SMILES string of the molecule is CCOc1ccccc1N(C)C(=O)Cn1ncc2c1-c1ccccc1OC2. The smallest absolute Gasteiger partial charge is 0.248 e. The standard InChI is InChI=1S/C21H21N3O3/c1-3-26-19-11-7-5-9-17(19)23(2)20(25)13-24-21-15(12-22-24)14-27-18-10-6-4-8-16(18)21/h4-12H,3,13-14H2,1-2H3. The van der Waals surface area contributed by atoms with Crippen LogP contribution in [0.4, 0.5) is 5.69 Å². The van der Waals surface area contributed by atoms with Crippen LogP contribution in [-0.2, 0) is 17.9 Å². The van der Waals surface area contributed by atoms with E-state index in [2.05, 4.69) is 5.10 Å². The fourth-order valence-electron chi connectivity index (χ4n) is 3.29. The summed E-state index contributed by atoms with van der Waals surface area (Å²) in [5, 5.41) is 4.43. The van der Waals surface area contributed by atoms with Crippen LogP contribution in [0, 0.1) is 0 Å². The number of likely N-dealkylation sites (N-methyl/N-ethyl adjacent to an activating group) is 1. The van der Waals surface area contributed by atoms with Gasteiger partial charge in [0.1, 0.15) is 24.7 Å². The molecule has 1 aromatic heterocycles. The van der Waals surface area contributed by atoms with Crippen molar-refractivity contribution >= 4 is 11.6 Å². The number of carbonyl (C=O) groups excluding carboxylic acids is 1. The predicted octanol–water partition coefficient (Wildman–Crippen LogP) is 3.50. The summed E-state index contributed by atoms with van der Waals surface area (Å²) in [6.07, 6.45) is 1.77. The van der Waals surface area contributed by atoms with Crippen molar-refractivity contribution in [2.24, 2.45) is 0 Å². The summed E-state index contributed by atoms with van der Waals surface area (Å²) in [6.45, 7) is 3.07. The lowest BCUT2D eigenvalue weighted by Gasteiger charge is -2.22. The number of ether oxygens (including phenoxy) is 2. The van der Waals surface area contributed by atoms with Gasteiger partial charge in [0.25, 0.3) is 0 Å². The number of benzene rings is 2. The van der Waals surface area contributed by atoms with E-state index in [1.54, 1.807) is 22.8 Å². The van der Waals surface area contributed by atoms with Crippen LogP contribution < -0.4 is 14.4 Å². The molecule has 6 heteroatoms. The first kappa shape index (κ1) is 17.1. The zero-order chi connectivity index (χ0) is 18.8. The molecule has 4 rings (SSSR count). The minimum absolute atomic E-state index is 0.0722. The number of para-hydroxylation sites is 3. The highest BCUT2D eigenvalue weighted by molar-refractivity contribution is 5.94. The van der Waals surface area contributed by atoms with Crippen LogP contribution in [0.1, 0.15) is 12.5 Å². The Balaban J connectivity index is 1.61. The first-order chi connectivity index (χ1) is 13.2. The Kier molecular flexibility index (Phi) is 4.54. The van der Waals surface area contributed by atoms with Crippen LogP contribution in [0.15, 0.2) is 54.7 Å². The van der Waals surface area contributed by atoms with Gasteiger partial charge in [-0.2, -0.15) is 5.10 Å². The molecule has 138 valence electrons. The van der Waals surface area contributed by atoms with Crippen molar-refractivity contribution in [1.29, 1.82) is 0 Å². The van der Waals surface area contributed by atoms with E-state index in [-0.39, 0.29) is 12.5 Å². The van der Waals surface area contributed by atoms with Gasteiger partial charge < -0.3 is 14.4 Å². The Morgan fingerprint density at radius 1 is 1.22 bits per heavy atom. The first-order valence-corrected chi connectivity index (χ1v) is 8.94. The molecule has 2 aromatic carbocycles. The zero-order valence-corrected chi connectivity index (χ0v) is 15.4. The molecule has 1 aliphatic rings. The van der Waals surface area contributed by atoms with Crippen LogP contribution in [0.2, 0.25) is 0 Å². The van der Waals surface area contributed by atoms with Crippen LogP contribution in [-0.4, -0.2) is 29.3 Å². The minimum atomic E-state index is -0.0722. The third kappa shape index (κ3) is 3.14. The predicted molar refractivity (Wildman–Crippen MR) is 103 cm³/mol. The van der Waals surface area contributed by atoms with E-state index in [1.165, 1.54) is 0 Å². The summed E-state index contributed by atoms with van der Waals surface area (Å²) in [5.41, 5.74) is 3.63. The van der Waals surface area contributed by atoms with E-state index < -0.39 is 0 Å². The van der Waals surface area contributed by atoms with Crippen molar-refractivity contribution in [3.63, 3.8) is 0 Å². The number of hydrogen-bond donors (Lipinski definition) is 0. The third-order valence-corrected chi connectivity index (χ3v) is 4.63. The third-order valence-electron chi connectivity index (χ3n) is 4.63. The number of fused-ring (bicyclic) bond motifs is 3. The number of aromatic nitrogens is 2. The zero-order valence-electron chi connectivity index (χ0n) is 15.4. The van der Waals surface area contributed by atoms with Crippen molar-refractivity contribution in [1.82, 2.24) is 9.78 Å². The Morgan fingerprint density at radius 2 is 2.00 bits per heavy atom. The molecule has 0 spiro atoms. The number of carbonyl (C=O) groups is 1. The van der Waals surface area contributed by atoms with Crippen LogP contribution in [0.5, 0.6) is 11.5 Å². The maximum atomic E-state index is 12.9. The molecular weight excluding hydrogens is 342 g/mol. The quantitative estimate of drug-likeness (QED) is 0.696. The van der Waals surface area contributed by atoms with Crippen molar-refractivity contribution < 1.29 is 14.3 Å². The van der Waals surface area contributed by atoms with Crippen LogP contribution in [0.3, 0.4) is 0 Å².